The van der Waals surface area contributed by atoms with Crippen LogP contribution in [0.15, 0.2) is 30.3 Å². The molecule has 3 aliphatic rings. The molecule has 0 spiro atoms. The molecule has 0 bridgehead atoms. The Hall–Kier alpha value is -1.88. The molecule has 0 unspecified atom stereocenters. The predicted octanol–water partition coefficient (Wildman–Crippen LogP) is 2.55. The maximum Gasteiger partial charge on any atom is 0.227 e. The fraction of sp³-hybridized carbons (Fsp3) is 0.652. The highest BCUT2D eigenvalue weighted by atomic mass is 16.2. The van der Waals surface area contributed by atoms with Gasteiger partial charge in [-0.15, -0.1) is 0 Å². The Morgan fingerprint density at radius 1 is 0.929 bits per heavy atom. The molecule has 2 amide bonds. The van der Waals surface area contributed by atoms with E-state index in [1.54, 1.807) is 6.92 Å². The minimum Gasteiger partial charge on any atom is -0.343 e. The van der Waals surface area contributed by atoms with E-state index < -0.39 is 0 Å². The van der Waals surface area contributed by atoms with Crippen molar-refractivity contribution in [1.82, 2.24) is 14.7 Å². The summed E-state index contributed by atoms with van der Waals surface area (Å²) in [4.78, 5) is 31.4. The van der Waals surface area contributed by atoms with Gasteiger partial charge >= 0.3 is 0 Å². The molecule has 3 aliphatic heterocycles. The van der Waals surface area contributed by atoms with Crippen LogP contribution >= 0.6 is 0 Å². The van der Waals surface area contributed by atoms with E-state index in [2.05, 4.69) is 9.80 Å². The van der Waals surface area contributed by atoms with E-state index in [4.69, 9.17) is 0 Å². The van der Waals surface area contributed by atoms with Crippen molar-refractivity contribution in [2.45, 2.75) is 57.5 Å². The van der Waals surface area contributed by atoms with Crippen LogP contribution in [0.2, 0.25) is 0 Å². The molecular weight excluding hydrogens is 350 g/mol. The number of likely N-dealkylation sites (tertiary alicyclic amines) is 3. The number of hydrogen-bond acceptors (Lipinski definition) is 3. The first-order valence-electron chi connectivity index (χ1n) is 10.9. The quantitative estimate of drug-likeness (QED) is 0.806. The molecule has 0 N–H and O–H groups in total. The largest absolute Gasteiger partial charge is 0.343 e. The summed E-state index contributed by atoms with van der Waals surface area (Å²) in [6, 6.07) is 11.2. The number of rotatable bonds is 3. The molecule has 0 aromatic heterocycles. The van der Waals surface area contributed by atoms with Crippen LogP contribution in [0.4, 0.5) is 0 Å². The summed E-state index contributed by atoms with van der Waals surface area (Å²) in [5, 5.41) is 0. The summed E-state index contributed by atoms with van der Waals surface area (Å²) in [6.45, 7) is 6.37. The van der Waals surface area contributed by atoms with E-state index in [9.17, 15) is 9.59 Å². The number of nitrogens with zero attached hydrogens (tertiary/aromatic N) is 3. The monoisotopic (exact) mass is 383 g/mol. The first-order valence-corrected chi connectivity index (χ1v) is 10.9. The zero-order valence-corrected chi connectivity index (χ0v) is 17.1. The van der Waals surface area contributed by atoms with E-state index in [1.165, 1.54) is 19.3 Å². The molecule has 3 fully saturated rings. The first kappa shape index (κ1) is 19.4. The van der Waals surface area contributed by atoms with Crippen molar-refractivity contribution in [3.8, 4) is 0 Å². The van der Waals surface area contributed by atoms with Crippen molar-refractivity contribution in [2.75, 3.05) is 32.7 Å². The highest BCUT2D eigenvalue weighted by Crippen LogP contribution is 2.33. The fourth-order valence-electron chi connectivity index (χ4n) is 5.43. The molecule has 5 heteroatoms. The molecular formula is C23H33N3O2. The van der Waals surface area contributed by atoms with Crippen molar-refractivity contribution in [2.24, 2.45) is 5.92 Å². The molecule has 0 saturated carbocycles. The van der Waals surface area contributed by atoms with Gasteiger partial charge in [0, 0.05) is 45.2 Å². The van der Waals surface area contributed by atoms with Gasteiger partial charge in [0.15, 0.2) is 0 Å². The second kappa shape index (κ2) is 8.64. The van der Waals surface area contributed by atoms with E-state index in [1.807, 2.05) is 35.2 Å². The standard InChI is InChI=1S/C23H33N3O2/c1-18(27)24-13-10-21(11-14-24)26-12-6-5-9-20-16-25(17-22(20)26)23(28)15-19-7-3-2-4-8-19/h2-4,7-8,20-22H,5-6,9-17H2,1H3/t20-,22+/m0/s1. The van der Waals surface area contributed by atoms with Crippen LogP contribution < -0.4 is 0 Å². The zero-order chi connectivity index (χ0) is 19.5. The van der Waals surface area contributed by atoms with Gasteiger partial charge in [0.25, 0.3) is 0 Å². The van der Waals surface area contributed by atoms with Gasteiger partial charge in [-0.2, -0.15) is 0 Å². The Kier molecular flexibility index (Phi) is 6.00. The minimum atomic E-state index is 0.200. The molecule has 1 aromatic rings. The Morgan fingerprint density at radius 2 is 1.68 bits per heavy atom. The van der Waals surface area contributed by atoms with Crippen molar-refractivity contribution in [3.05, 3.63) is 35.9 Å². The molecule has 0 aliphatic carbocycles. The van der Waals surface area contributed by atoms with Gasteiger partial charge in [-0.05, 0) is 43.7 Å². The summed E-state index contributed by atoms with van der Waals surface area (Å²) >= 11 is 0. The Morgan fingerprint density at radius 3 is 2.39 bits per heavy atom. The predicted molar refractivity (Wildman–Crippen MR) is 110 cm³/mol. The number of benzene rings is 1. The van der Waals surface area contributed by atoms with Crippen LogP contribution in [0, 0.1) is 5.92 Å². The van der Waals surface area contributed by atoms with Crippen LogP contribution in [-0.4, -0.2) is 71.3 Å². The summed E-state index contributed by atoms with van der Waals surface area (Å²) in [7, 11) is 0. The van der Waals surface area contributed by atoms with Gasteiger partial charge in [0.1, 0.15) is 0 Å². The molecule has 152 valence electrons. The summed E-state index contributed by atoms with van der Waals surface area (Å²) in [5.41, 5.74) is 1.10. The third kappa shape index (κ3) is 4.24. The lowest BCUT2D eigenvalue weighted by atomic mass is 9.95. The van der Waals surface area contributed by atoms with Crippen molar-refractivity contribution >= 4 is 11.8 Å². The lowest BCUT2D eigenvalue weighted by Gasteiger charge is -2.41. The Labute approximate surface area is 168 Å². The topological polar surface area (TPSA) is 43.9 Å². The number of carbonyl (C=O) groups excluding carboxylic acids is 2. The van der Waals surface area contributed by atoms with Gasteiger partial charge < -0.3 is 9.80 Å². The van der Waals surface area contributed by atoms with Gasteiger partial charge in [0.05, 0.1) is 6.42 Å². The summed E-state index contributed by atoms with van der Waals surface area (Å²) in [6.07, 6.45) is 6.42. The molecule has 2 atom stereocenters. The van der Waals surface area contributed by atoms with Crippen molar-refractivity contribution in [3.63, 3.8) is 0 Å². The van der Waals surface area contributed by atoms with Gasteiger partial charge in [-0.3, -0.25) is 14.5 Å². The lowest BCUT2D eigenvalue weighted by molar-refractivity contribution is -0.131. The second-order valence-electron chi connectivity index (χ2n) is 8.76. The normalized spacial score (nSPS) is 26.8. The highest BCUT2D eigenvalue weighted by molar-refractivity contribution is 5.79. The van der Waals surface area contributed by atoms with Crippen LogP contribution in [-0.2, 0) is 16.0 Å². The minimum absolute atomic E-state index is 0.200. The van der Waals surface area contributed by atoms with Gasteiger partial charge in [-0.25, -0.2) is 0 Å². The lowest BCUT2D eigenvalue weighted by Crippen LogP contribution is -2.52. The smallest absolute Gasteiger partial charge is 0.227 e. The number of piperidine rings is 1. The van der Waals surface area contributed by atoms with Crippen molar-refractivity contribution in [1.29, 1.82) is 0 Å². The molecule has 28 heavy (non-hydrogen) atoms. The summed E-state index contributed by atoms with van der Waals surface area (Å²) < 4.78 is 0. The maximum absolute atomic E-state index is 12.9. The fourth-order valence-corrected chi connectivity index (χ4v) is 5.43. The average Bonchev–Trinajstić information content (AvgIpc) is 3.03. The van der Waals surface area contributed by atoms with Crippen molar-refractivity contribution < 1.29 is 9.59 Å². The number of hydrogen-bond donors (Lipinski definition) is 0. The summed E-state index contributed by atoms with van der Waals surface area (Å²) in [5.74, 6) is 1.07. The third-order valence-electron chi connectivity index (χ3n) is 7.00. The van der Waals surface area contributed by atoms with E-state index >= 15 is 0 Å². The third-order valence-corrected chi connectivity index (χ3v) is 7.00. The van der Waals surface area contributed by atoms with Crippen LogP contribution in [0.3, 0.4) is 0 Å². The number of fused-ring (bicyclic) bond motifs is 1. The van der Waals surface area contributed by atoms with Crippen LogP contribution in [0.5, 0.6) is 0 Å². The van der Waals surface area contributed by atoms with Crippen LogP contribution in [0.1, 0.15) is 44.6 Å². The van der Waals surface area contributed by atoms with Gasteiger partial charge in [-0.1, -0.05) is 36.8 Å². The molecule has 4 rings (SSSR count). The molecule has 3 saturated heterocycles. The van der Waals surface area contributed by atoms with E-state index in [0.717, 1.165) is 51.1 Å². The second-order valence-corrected chi connectivity index (χ2v) is 8.76. The molecule has 1 aromatic carbocycles. The van der Waals surface area contributed by atoms with Crippen LogP contribution in [0.25, 0.3) is 0 Å². The molecule has 5 nitrogen and oxygen atoms in total. The van der Waals surface area contributed by atoms with E-state index in [-0.39, 0.29) is 11.8 Å². The average molecular weight is 384 g/mol. The highest BCUT2D eigenvalue weighted by Gasteiger charge is 2.42. The first-order chi connectivity index (χ1) is 13.6. The van der Waals surface area contributed by atoms with E-state index in [0.29, 0.717) is 24.4 Å². The SMILES string of the molecule is CC(=O)N1CCC(N2CCCC[C@H]3CN(C(=O)Cc4ccccc4)C[C@H]32)CC1. The van der Waals surface area contributed by atoms with Gasteiger partial charge in [0.2, 0.25) is 11.8 Å². The Balaban J connectivity index is 1.40. The number of amides is 2. The molecule has 0 radical (unpaired) electrons. The molecule has 3 heterocycles. The number of carbonyl (C=O) groups is 2. The maximum atomic E-state index is 12.9. The zero-order valence-electron chi connectivity index (χ0n) is 17.1. The Bertz CT molecular complexity index is 684.